The molecule has 0 N–H and O–H groups in total. The highest BCUT2D eigenvalue weighted by molar-refractivity contribution is 7.98. The lowest BCUT2D eigenvalue weighted by Crippen LogP contribution is -2.28. The van der Waals surface area contributed by atoms with Gasteiger partial charge in [0.1, 0.15) is 5.60 Å². The van der Waals surface area contributed by atoms with Crippen molar-refractivity contribution in [3.05, 3.63) is 0 Å². The summed E-state index contributed by atoms with van der Waals surface area (Å²) in [6.07, 6.45) is 1.99. The smallest absolute Gasteiger partial charge is 0.310 e. The number of thioether (sulfide) groups is 1. The molecule has 0 saturated heterocycles. The number of hydrogen-bond acceptors (Lipinski definition) is 3. The van der Waals surface area contributed by atoms with E-state index in [1.165, 1.54) is 0 Å². The van der Waals surface area contributed by atoms with Crippen molar-refractivity contribution in [3.8, 4) is 0 Å². The first-order chi connectivity index (χ1) is 5.37. The van der Waals surface area contributed by atoms with Crippen molar-refractivity contribution < 1.29 is 9.53 Å². The maximum absolute atomic E-state index is 11.3. The molecule has 0 radical (unpaired) electrons. The first-order valence-electron chi connectivity index (χ1n) is 4.08. The number of carbonyl (C=O) groups excluding carboxylic acids is 1. The minimum absolute atomic E-state index is 0.000718. The minimum Gasteiger partial charge on any atom is -0.460 e. The zero-order valence-electron chi connectivity index (χ0n) is 8.51. The van der Waals surface area contributed by atoms with Gasteiger partial charge < -0.3 is 4.74 Å². The van der Waals surface area contributed by atoms with Gasteiger partial charge in [-0.05, 0) is 27.0 Å². The first-order valence-corrected chi connectivity index (χ1v) is 5.48. The van der Waals surface area contributed by atoms with Crippen LogP contribution in [0.5, 0.6) is 0 Å². The molecule has 0 saturated carbocycles. The molecule has 0 fully saturated rings. The summed E-state index contributed by atoms with van der Waals surface area (Å²) in [5, 5.41) is 0. The van der Waals surface area contributed by atoms with Gasteiger partial charge in [-0.15, -0.1) is 0 Å². The Morgan fingerprint density at radius 3 is 2.33 bits per heavy atom. The maximum atomic E-state index is 11.3. The van der Waals surface area contributed by atoms with Gasteiger partial charge in [-0.1, -0.05) is 6.92 Å². The summed E-state index contributed by atoms with van der Waals surface area (Å²) in [6.45, 7) is 7.55. The average molecular weight is 190 g/mol. The lowest BCUT2D eigenvalue weighted by molar-refractivity contribution is -0.158. The average Bonchev–Trinajstić information content (AvgIpc) is 1.84. The van der Waals surface area contributed by atoms with Crippen molar-refractivity contribution in [3.63, 3.8) is 0 Å². The van der Waals surface area contributed by atoms with E-state index in [4.69, 9.17) is 4.74 Å². The van der Waals surface area contributed by atoms with Crippen LogP contribution in [0.1, 0.15) is 27.7 Å². The Morgan fingerprint density at radius 1 is 1.50 bits per heavy atom. The fourth-order valence-corrected chi connectivity index (χ4v) is 1.36. The minimum atomic E-state index is -0.357. The second-order valence-electron chi connectivity index (χ2n) is 3.89. The van der Waals surface area contributed by atoms with E-state index in [0.29, 0.717) is 0 Å². The number of hydrogen-bond donors (Lipinski definition) is 0. The van der Waals surface area contributed by atoms with Crippen LogP contribution in [0.15, 0.2) is 0 Å². The molecule has 0 spiro atoms. The van der Waals surface area contributed by atoms with E-state index in [1.807, 2.05) is 34.0 Å². The van der Waals surface area contributed by atoms with E-state index in [2.05, 4.69) is 0 Å². The third kappa shape index (κ3) is 5.47. The summed E-state index contributed by atoms with van der Waals surface area (Å²) >= 11 is 1.66. The van der Waals surface area contributed by atoms with Gasteiger partial charge in [-0.25, -0.2) is 0 Å². The van der Waals surface area contributed by atoms with Crippen LogP contribution in [0.2, 0.25) is 0 Å². The molecule has 0 aliphatic heterocycles. The summed E-state index contributed by atoms with van der Waals surface area (Å²) in [7, 11) is 0. The van der Waals surface area contributed by atoms with Crippen molar-refractivity contribution in [1.29, 1.82) is 0 Å². The third-order valence-corrected chi connectivity index (χ3v) is 2.06. The van der Waals surface area contributed by atoms with Crippen molar-refractivity contribution in [2.75, 3.05) is 12.0 Å². The molecular weight excluding hydrogens is 172 g/mol. The molecule has 2 nitrogen and oxygen atoms in total. The summed E-state index contributed by atoms with van der Waals surface area (Å²) in [5.41, 5.74) is -0.357. The van der Waals surface area contributed by atoms with Crippen molar-refractivity contribution in [2.45, 2.75) is 33.3 Å². The molecule has 0 bridgehead atoms. The molecule has 0 aromatic carbocycles. The van der Waals surface area contributed by atoms with Gasteiger partial charge in [0.2, 0.25) is 0 Å². The number of ether oxygens (including phenoxy) is 1. The molecule has 3 heteroatoms. The molecule has 0 aromatic heterocycles. The molecule has 0 aliphatic carbocycles. The Balaban J connectivity index is 3.87. The van der Waals surface area contributed by atoms with Gasteiger partial charge in [0.25, 0.3) is 0 Å². The first kappa shape index (κ1) is 11.8. The molecule has 12 heavy (non-hydrogen) atoms. The summed E-state index contributed by atoms with van der Waals surface area (Å²) in [4.78, 5) is 11.3. The van der Waals surface area contributed by atoms with E-state index in [-0.39, 0.29) is 17.5 Å². The molecule has 0 amide bonds. The summed E-state index contributed by atoms with van der Waals surface area (Å²) < 4.78 is 5.20. The van der Waals surface area contributed by atoms with Crippen LogP contribution >= 0.6 is 11.8 Å². The van der Waals surface area contributed by atoms with Gasteiger partial charge >= 0.3 is 5.97 Å². The Labute approximate surface area is 79.1 Å². The molecule has 0 aliphatic rings. The van der Waals surface area contributed by atoms with E-state index in [9.17, 15) is 4.79 Å². The highest BCUT2D eigenvalue weighted by Gasteiger charge is 2.20. The normalized spacial score (nSPS) is 14.1. The molecule has 1 atom stereocenters. The summed E-state index contributed by atoms with van der Waals surface area (Å²) in [5.74, 6) is 0.727. The van der Waals surface area contributed by atoms with Gasteiger partial charge in [0, 0.05) is 5.75 Å². The fraction of sp³-hybridized carbons (Fsp3) is 0.889. The SMILES string of the molecule is CSCC(C)C(=O)OC(C)(C)C. The van der Waals surface area contributed by atoms with Crippen molar-refractivity contribution in [2.24, 2.45) is 5.92 Å². The van der Waals surface area contributed by atoms with Crippen LogP contribution in [-0.2, 0) is 9.53 Å². The van der Waals surface area contributed by atoms with Crippen LogP contribution in [0.4, 0.5) is 0 Å². The number of carbonyl (C=O) groups is 1. The largest absolute Gasteiger partial charge is 0.460 e. The second kappa shape index (κ2) is 4.75. The monoisotopic (exact) mass is 190 g/mol. The van der Waals surface area contributed by atoms with Crippen LogP contribution in [0.3, 0.4) is 0 Å². The zero-order valence-corrected chi connectivity index (χ0v) is 9.33. The second-order valence-corrected chi connectivity index (χ2v) is 4.80. The Bertz CT molecular complexity index is 149. The Morgan fingerprint density at radius 2 is 2.00 bits per heavy atom. The standard InChI is InChI=1S/C9H18O2S/c1-7(6-12-5)8(10)11-9(2,3)4/h7H,6H2,1-5H3. The quantitative estimate of drug-likeness (QED) is 0.639. The Kier molecular flexibility index (Phi) is 4.68. The van der Waals surface area contributed by atoms with Crippen LogP contribution < -0.4 is 0 Å². The number of rotatable bonds is 3. The fourth-order valence-electron chi connectivity index (χ4n) is 0.720. The number of esters is 1. The third-order valence-electron chi connectivity index (χ3n) is 1.23. The molecule has 0 heterocycles. The lowest BCUT2D eigenvalue weighted by Gasteiger charge is -2.21. The van der Waals surface area contributed by atoms with Crippen molar-refractivity contribution in [1.82, 2.24) is 0 Å². The van der Waals surface area contributed by atoms with E-state index >= 15 is 0 Å². The summed E-state index contributed by atoms with van der Waals surface area (Å²) in [6, 6.07) is 0. The molecule has 0 rings (SSSR count). The van der Waals surface area contributed by atoms with Crippen LogP contribution in [0, 0.1) is 5.92 Å². The topological polar surface area (TPSA) is 26.3 Å². The Hall–Kier alpha value is -0.180. The molecule has 1 unspecified atom stereocenters. The van der Waals surface area contributed by atoms with E-state index in [0.717, 1.165) is 5.75 Å². The van der Waals surface area contributed by atoms with E-state index in [1.54, 1.807) is 11.8 Å². The van der Waals surface area contributed by atoms with Gasteiger partial charge in [0.05, 0.1) is 5.92 Å². The van der Waals surface area contributed by atoms with Gasteiger partial charge in [-0.3, -0.25) is 4.79 Å². The van der Waals surface area contributed by atoms with Gasteiger partial charge in [0.15, 0.2) is 0 Å². The van der Waals surface area contributed by atoms with E-state index < -0.39 is 0 Å². The zero-order chi connectivity index (χ0) is 9.78. The van der Waals surface area contributed by atoms with Gasteiger partial charge in [-0.2, -0.15) is 11.8 Å². The highest BCUT2D eigenvalue weighted by atomic mass is 32.2. The van der Waals surface area contributed by atoms with Crippen LogP contribution in [-0.4, -0.2) is 23.6 Å². The highest BCUT2D eigenvalue weighted by Crippen LogP contribution is 2.13. The molecule has 0 aromatic rings. The van der Waals surface area contributed by atoms with Crippen LogP contribution in [0.25, 0.3) is 0 Å². The lowest BCUT2D eigenvalue weighted by atomic mass is 10.1. The molecule has 72 valence electrons. The van der Waals surface area contributed by atoms with Crippen molar-refractivity contribution >= 4 is 17.7 Å². The predicted octanol–water partition coefficient (Wildman–Crippen LogP) is 2.33. The maximum Gasteiger partial charge on any atom is 0.310 e. The predicted molar refractivity (Wildman–Crippen MR) is 53.4 cm³/mol. The molecular formula is C9H18O2S.